The third-order valence-corrected chi connectivity index (χ3v) is 3.29. The Bertz CT molecular complexity index is 271. The summed E-state index contributed by atoms with van der Waals surface area (Å²) in [6, 6.07) is 0.675. The molecule has 0 amide bonds. The molecule has 0 bridgehead atoms. The molecule has 1 fully saturated rings. The smallest absolute Gasteiger partial charge is 0.120 e. The maximum absolute atomic E-state index is 4.22. The van der Waals surface area contributed by atoms with Gasteiger partial charge in [0.25, 0.3) is 0 Å². The topological polar surface area (TPSA) is 40.7 Å². The second kappa shape index (κ2) is 4.79. The Balaban J connectivity index is 1.79. The highest BCUT2D eigenvalue weighted by molar-refractivity contribution is 4.88. The highest BCUT2D eigenvalue weighted by Gasteiger charge is 2.23. The quantitative estimate of drug-likeness (QED) is 0.798. The van der Waals surface area contributed by atoms with Gasteiger partial charge in [-0.15, -0.1) is 0 Å². The minimum atomic E-state index is 0.675. The van der Waals surface area contributed by atoms with Gasteiger partial charge in [0.2, 0.25) is 0 Å². The fourth-order valence-electron chi connectivity index (χ4n) is 2.75. The van der Waals surface area contributed by atoms with Crippen molar-refractivity contribution in [2.45, 2.75) is 45.7 Å². The van der Waals surface area contributed by atoms with Crippen LogP contribution >= 0.6 is 0 Å². The van der Waals surface area contributed by atoms with Crippen LogP contribution in [0.3, 0.4) is 0 Å². The molecule has 2 atom stereocenters. The average Bonchev–Trinajstić information content (AvgIpc) is 2.65. The van der Waals surface area contributed by atoms with Crippen LogP contribution in [0, 0.1) is 11.8 Å². The molecule has 1 aromatic heterocycles. The summed E-state index contributed by atoms with van der Waals surface area (Å²) < 4.78 is 0. The van der Waals surface area contributed by atoms with E-state index in [0.717, 1.165) is 24.2 Å². The van der Waals surface area contributed by atoms with Crippen LogP contribution in [0.1, 0.15) is 38.9 Å². The molecule has 1 heterocycles. The summed E-state index contributed by atoms with van der Waals surface area (Å²) in [5, 5.41) is 3.59. The van der Waals surface area contributed by atoms with Gasteiger partial charge in [-0.3, -0.25) is 0 Å². The summed E-state index contributed by atoms with van der Waals surface area (Å²) in [6.45, 7) is 5.59. The minimum absolute atomic E-state index is 0.675. The molecule has 0 spiro atoms. The first-order valence-corrected chi connectivity index (χ1v) is 5.95. The zero-order chi connectivity index (χ0) is 10.7. The van der Waals surface area contributed by atoms with Gasteiger partial charge in [-0.2, -0.15) is 0 Å². The zero-order valence-corrected chi connectivity index (χ0v) is 9.66. The Labute approximate surface area is 91.7 Å². The van der Waals surface area contributed by atoms with Crippen LogP contribution in [0.5, 0.6) is 0 Å². The molecule has 0 aromatic carbocycles. The Morgan fingerprint density at radius 2 is 2.07 bits per heavy atom. The molecule has 1 aliphatic rings. The predicted octanol–water partition coefficient (Wildman–Crippen LogP) is 2.32. The average molecular weight is 207 g/mol. The van der Waals surface area contributed by atoms with Crippen LogP contribution in [0.2, 0.25) is 0 Å². The molecule has 15 heavy (non-hydrogen) atoms. The molecule has 1 aromatic rings. The van der Waals surface area contributed by atoms with Crippen molar-refractivity contribution in [2.75, 3.05) is 0 Å². The van der Waals surface area contributed by atoms with Crippen molar-refractivity contribution in [3.8, 4) is 0 Å². The molecule has 0 aliphatic heterocycles. The summed E-state index contributed by atoms with van der Waals surface area (Å²) in [7, 11) is 0. The largest absolute Gasteiger partial charge is 0.348 e. The van der Waals surface area contributed by atoms with Gasteiger partial charge in [0, 0.05) is 18.4 Å². The molecular weight excluding hydrogens is 186 g/mol. The van der Waals surface area contributed by atoms with Gasteiger partial charge in [-0.05, 0) is 31.1 Å². The number of hydrogen-bond acceptors (Lipinski definition) is 2. The van der Waals surface area contributed by atoms with E-state index in [1.165, 1.54) is 19.3 Å². The first kappa shape index (κ1) is 10.7. The van der Waals surface area contributed by atoms with Crippen LogP contribution in [0.25, 0.3) is 0 Å². The van der Waals surface area contributed by atoms with Gasteiger partial charge in [-0.1, -0.05) is 13.8 Å². The van der Waals surface area contributed by atoms with E-state index in [1.807, 2.05) is 12.4 Å². The highest BCUT2D eigenvalue weighted by atomic mass is 15.0. The third kappa shape index (κ3) is 3.06. The van der Waals surface area contributed by atoms with E-state index in [9.17, 15) is 0 Å². The van der Waals surface area contributed by atoms with Crippen molar-refractivity contribution in [2.24, 2.45) is 11.8 Å². The zero-order valence-electron chi connectivity index (χ0n) is 9.66. The summed E-state index contributed by atoms with van der Waals surface area (Å²) in [5.74, 6) is 2.77. The standard InChI is InChI=1S/C12H21N3/c1-9-5-10(2)7-11(6-9)15-8-12-13-3-4-14-12/h3-4,9-11,15H,5-8H2,1-2H3,(H,13,14). The van der Waals surface area contributed by atoms with Gasteiger partial charge in [0.15, 0.2) is 0 Å². The lowest BCUT2D eigenvalue weighted by molar-refractivity contribution is 0.237. The van der Waals surface area contributed by atoms with Gasteiger partial charge in [0.05, 0.1) is 6.54 Å². The number of nitrogens with zero attached hydrogens (tertiary/aromatic N) is 1. The lowest BCUT2D eigenvalue weighted by Gasteiger charge is -2.31. The maximum Gasteiger partial charge on any atom is 0.120 e. The summed E-state index contributed by atoms with van der Waals surface area (Å²) >= 11 is 0. The second-order valence-electron chi connectivity index (χ2n) is 5.03. The predicted molar refractivity (Wildman–Crippen MR) is 61.4 cm³/mol. The summed E-state index contributed by atoms with van der Waals surface area (Å²) in [4.78, 5) is 7.35. The number of nitrogens with one attached hydrogen (secondary N) is 2. The fraction of sp³-hybridized carbons (Fsp3) is 0.750. The van der Waals surface area contributed by atoms with Crippen molar-refractivity contribution in [1.82, 2.24) is 15.3 Å². The summed E-state index contributed by atoms with van der Waals surface area (Å²) in [6.07, 6.45) is 7.70. The van der Waals surface area contributed by atoms with Crippen LogP contribution in [0.15, 0.2) is 12.4 Å². The van der Waals surface area contributed by atoms with E-state index in [-0.39, 0.29) is 0 Å². The van der Waals surface area contributed by atoms with E-state index >= 15 is 0 Å². The maximum atomic E-state index is 4.22. The van der Waals surface area contributed by atoms with E-state index < -0.39 is 0 Å². The van der Waals surface area contributed by atoms with Gasteiger partial charge in [0.1, 0.15) is 5.82 Å². The number of imidazole rings is 1. The molecule has 2 unspecified atom stereocenters. The van der Waals surface area contributed by atoms with Gasteiger partial charge in [-0.25, -0.2) is 4.98 Å². The molecule has 2 rings (SSSR count). The second-order valence-corrected chi connectivity index (χ2v) is 5.03. The van der Waals surface area contributed by atoms with Crippen LogP contribution in [-0.4, -0.2) is 16.0 Å². The van der Waals surface area contributed by atoms with E-state index in [4.69, 9.17) is 0 Å². The molecule has 1 aliphatic carbocycles. The molecule has 1 saturated carbocycles. The van der Waals surface area contributed by atoms with Crippen molar-refractivity contribution < 1.29 is 0 Å². The highest BCUT2D eigenvalue weighted by Crippen LogP contribution is 2.28. The number of aromatic nitrogens is 2. The van der Waals surface area contributed by atoms with Crippen LogP contribution < -0.4 is 5.32 Å². The fourth-order valence-corrected chi connectivity index (χ4v) is 2.75. The molecular formula is C12H21N3. The molecule has 84 valence electrons. The van der Waals surface area contributed by atoms with Crippen molar-refractivity contribution in [3.63, 3.8) is 0 Å². The number of H-pyrrole nitrogens is 1. The lowest BCUT2D eigenvalue weighted by Crippen LogP contribution is -2.36. The first-order valence-electron chi connectivity index (χ1n) is 5.95. The number of hydrogen-bond donors (Lipinski definition) is 2. The van der Waals surface area contributed by atoms with Crippen LogP contribution in [-0.2, 0) is 6.54 Å². The van der Waals surface area contributed by atoms with Crippen molar-refractivity contribution in [1.29, 1.82) is 0 Å². The Morgan fingerprint density at radius 3 is 2.67 bits per heavy atom. The molecule has 3 heteroatoms. The van der Waals surface area contributed by atoms with Crippen LogP contribution in [0.4, 0.5) is 0 Å². The number of rotatable bonds is 3. The Hall–Kier alpha value is -0.830. The SMILES string of the molecule is CC1CC(C)CC(NCc2ncc[nH]2)C1. The van der Waals surface area contributed by atoms with E-state index in [2.05, 4.69) is 29.1 Å². The summed E-state index contributed by atoms with van der Waals surface area (Å²) in [5.41, 5.74) is 0. The molecule has 0 saturated heterocycles. The number of aromatic amines is 1. The molecule has 3 nitrogen and oxygen atoms in total. The van der Waals surface area contributed by atoms with Gasteiger partial charge >= 0.3 is 0 Å². The molecule has 2 N–H and O–H groups in total. The van der Waals surface area contributed by atoms with Crippen molar-refractivity contribution >= 4 is 0 Å². The van der Waals surface area contributed by atoms with E-state index in [1.54, 1.807) is 0 Å². The van der Waals surface area contributed by atoms with Crippen molar-refractivity contribution in [3.05, 3.63) is 18.2 Å². The van der Waals surface area contributed by atoms with E-state index in [0.29, 0.717) is 6.04 Å². The Morgan fingerprint density at radius 1 is 1.33 bits per heavy atom. The Kier molecular flexibility index (Phi) is 3.41. The third-order valence-electron chi connectivity index (χ3n) is 3.29. The molecule has 0 radical (unpaired) electrons. The lowest BCUT2D eigenvalue weighted by atomic mass is 9.80. The first-order chi connectivity index (χ1) is 7.24. The minimum Gasteiger partial charge on any atom is -0.348 e. The van der Waals surface area contributed by atoms with Gasteiger partial charge < -0.3 is 10.3 Å². The normalized spacial score (nSPS) is 31.7. The monoisotopic (exact) mass is 207 g/mol.